The van der Waals surface area contributed by atoms with Crippen LogP contribution in [0, 0.1) is 39.9 Å². The van der Waals surface area contributed by atoms with Gasteiger partial charge in [-0.1, -0.05) is 33.8 Å². The minimum atomic E-state index is -1.65. The third-order valence-corrected chi connectivity index (χ3v) is 11.8. The van der Waals surface area contributed by atoms with Gasteiger partial charge in [-0.3, -0.25) is 9.59 Å². The number of hydrogen-bond acceptors (Lipinski definition) is 10. The van der Waals surface area contributed by atoms with Crippen molar-refractivity contribution in [3.05, 3.63) is 35.8 Å². The number of allylic oxidation sites excluding steroid dienone is 1. The van der Waals surface area contributed by atoms with Crippen LogP contribution in [0.3, 0.4) is 0 Å². The Morgan fingerprint density at radius 2 is 1.88 bits per heavy atom. The van der Waals surface area contributed by atoms with Crippen LogP contribution in [0.25, 0.3) is 0 Å². The third kappa shape index (κ3) is 3.51. The van der Waals surface area contributed by atoms with Crippen molar-refractivity contribution in [3.8, 4) is 0 Å². The number of aliphatic hydroxyl groups is 1. The van der Waals surface area contributed by atoms with E-state index in [0.717, 1.165) is 5.56 Å². The molecule has 1 spiro atoms. The Labute approximate surface area is 245 Å². The first-order chi connectivity index (χ1) is 19.7. The van der Waals surface area contributed by atoms with Crippen LogP contribution in [0.15, 0.2) is 34.7 Å². The molecule has 3 heterocycles. The molecule has 1 aromatic rings. The monoisotopic (exact) mass is 584 g/mol. The van der Waals surface area contributed by atoms with E-state index in [1.54, 1.807) is 38.5 Å². The maximum atomic E-state index is 14.7. The van der Waals surface area contributed by atoms with E-state index in [1.165, 1.54) is 7.11 Å². The van der Waals surface area contributed by atoms with E-state index in [-0.39, 0.29) is 24.1 Å². The summed E-state index contributed by atoms with van der Waals surface area (Å²) in [6, 6.07) is 1.80. The number of epoxide rings is 1. The van der Waals surface area contributed by atoms with Crippen molar-refractivity contribution in [3.63, 3.8) is 0 Å². The van der Waals surface area contributed by atoms with E-state index in [9.17, 15) is 24.3 Å². The molecule has 3 saturated carbocycles. The van der Waals surface area contributed by atoms with Gasteiger partial charge in [0.1, 0.15) is 29.7 Å². The van der Waals surface area contributed by atoms with E-state index >= 15 is 0 Å². The molecule has 0 aromatic carbocycles. The summed E-state index contributed by atoms with van der Waals surface area (Å²) in [4.78, 5) is 53.9. The second kappa shape index (κ2) is 9.26. The first-order valence-corrected chi connectivity index (χ1v) is 14.7. The molecule has 1 aromatic heterocycles. The van der Waals surface area contributed by atoms with E-state index in [2.05, 4.69) is 6.92 Å². The highest BCUT2D eigenvalue weighted by Gasteiger charge is 2.86. The summed E-state index contributed by atoms with van der Waals surface area (Å²) in [6.07, 6.45) is 2.23. The normalized spacial score (nSPS) is 44.1. The Kier molecular flexibility index (Phi) is 6.42. The number of Topliss-reactive ketones (excluding diaryl/α,β-unsaturated/α-hetero) is 1. The number of esters is 3. The lowest BCUT2D eigenvalue weighted by atomic mass is 9.37. The lowest BCUT2D eigenvalue weighted by Crippen LogP contribution is -2.74. The van der Waals surface area contributed by atoms with Crippen LogP contribution in [0.5, 0.6) is 0 Å². The number of aliphatic hydroxyl groups excluding tert-OH is 1. The molecule has 0 radical (unpaired) electrons. The van der Waals surface area contributed by atoms with Crippen LogP contribution in [-0.4, -0.2) is 59.8 Å². The van der Waals surface area contributed by atoms with E-state index < -0.39 is 76.0 Å². The first-order valence-electron chi connectivity index (χ1n) is 14.7. The molecule has 10 nitrogen and oxygen atoms in total. The van der Waals surface area contributed by atoms with Crippen LogP contribution >= 0.6 is 0 Å². The Bertz CT molecular complexity index is 1360. The highest BCUT2D eigenvalue weighted by atomic mass is 16.6. The van der Waals surface area contributed by atoms with Gasteiger partial charge in [0.05, 0.1) is 32.0 Å². The molecular formula is C32H40O10. The lowest BCUT2D eigenvalue weighted by Gasteiger charge is -2.65. The molecule has 228 valence electrons. The fraction of sp³-hybridized carbons (Fsp3) is 0.688. The van der Waals surface area contributed by atoms with Gasteiger partial charge in [0.25, 0.3) is 0 Å². The number of hydrogen-bond donors (Lipinski definition) is 1. The van der Waals surface area contributed by atoms with Crippen molar-refractivity contribution >= 4 is 23.7 Å². The fourth-order valence-electron chi connectivity index (χ4n) is 9.83. The van der Waals surface area contributed by atoms with Gasteiger partial charge in [0, 0.05) is 45.1 Å². The molecular weight excluding hydrogens is 544 g/mol. The molecule has 6 rings (SSSR count). The van der Waals surface area contributed by atoms with Gasteiger partial charge >= 0.3 is 17.9 Å². The standard InChI is InChI=1S/C32H40O10/c1-8-15(2)27(36)41-25-20-23(35)31(6,22(29(25,3)4)21(34)28(37)38-7)17-9-11-30(5)18(32(17)26(20)42-32)13-19(33)40-24(30)16-10-12-39-14-16/h8,10,12,14,17-18,20-22,24-26,34H,9,11,13H2,1-7H3/b15-8+/t17-,18-,20-,21-,22+,24+,25-,26-,30-,31-,32-/m1/s1. The number of fused-ring (bicyclic) bond motifs is 5. The molecule has 5 aliphatic rings. The molecule has 0 amide bonds. The molecule has 42 heavy (non-hydrogen) atoms. The maximum Gasteiger partial charge on any atom is 0.335 e. The lowest BCUT2D eigenvalue weighted by molar-refractivity contribution is -0.231. The summed E-state index contributed by atoms with van der Waals surface area (Å²) in [5.41, 5.74) is -2.56. The van der Waals surface area contributed by atoms with Gasteiger partial charge in [-0.05, 0) is 32.8 Å². The van der Waals surface area contributed by atoms with Crippen LogP contribution in [0.1, 0.15) is 72.5 Å². The second-order valence-corrected chi connectivity index (χ2v) is 13.9. The van der Waals surface area contributed by atoms with Crippen LogP contribution in [-0.2, 0) is 38.1 Å². The number of carbonyl (C=O) groups excluding carboxylic acids is 4. The SMILES string of the molecule is C/C=C(\C)C(=O)O[C@@H]1[C@H]2C(=O)[C@](C)([C@H]3CC[C@]4(C)[C@@H](CC(=O)O[C@H]4c4ccoc4)[C@]34O[C@H]24)[C@@H]([C@@H](O)C(=O)OC)C1(C)C. The number of methoxy groups -OCH3 is 1. The van der Waals surface area contributed by atoms with E-state index in [1.807, 2.05) is 20.8 Å². The zero-order chi connectivity index (χ0) is 30.6. The second-order valence-electron chi connectivity index (χ2n) is 13.9. The van der Waals surface area contributed by atoms with Gasteiger partial charge in [-0.25, -0.2) is 9.59 Å². The van der Waals surface area contributed by atoms with Crippen molar-refractivity contribution in [2.24, 2.45) is 39.9 Å². The van der Waals surface area contributed by atoms with Crippen molar-refractivity contribution < 1.29 is 47.6 Å². The molecule has 10 heteroatoms. The highest BCUT2D eigenvalue weighted by Crippen LogP contribution is 2.77. The van der Waals surface area contributed by atoms with Gasteiger partial charge in [-0.2, -0.15) is 0 Å². The van der Waals surface area contributed by atoms with Gasteiger partial charge in [-0.15, -0.1) is 0 Å². The molecule has 11 atom stereocenters. The highest BCUT2D eigenvalue weighted by molar-refractivity contribution is 5.94. The topological polar surface area (TPSA) is 142 Å². The summed E-state index contributed by atoms with van der Waals surface area (Å²) in [6.45, 7) is 10.9. The maximum absolute atomic E-state index is 14.7. The number of rotatable bonds is 5. The van der Waals surface area contributed by atoms with Crippen LogP contribution in [0.2, 0.25) is 0 Å². The number of ether oxygens (including phenoxy) is 4. The van der Waals surface area contributed by atoms with E-state index in [0.29, 0.717) is 18.4 Å². The molecule has 2 saturated heterocycles. The molecule has 3 aliphatic carbocycles. The molecule has 5 fully saturated rings. The van der Waals surface area contributed by atoms with Gasteiger partial charge < -0.3 is 28.5 Å². The molecule has 0 unspecified atom stereocenters. The van der Waals surface area contributed by atoms with Crippen molar-refractivity contribution in [2.75, 3.05) is 7.11 Å². The zero-order valence-corrected chi connectivity index (χ0v) is 25.2. The predicted octanol–water partition coefficient (Wildman–Crippen LogP) is 3.71. The van der Waals surface area contributed by atoms with Crippen molar-refractivity contribution in [1.29, 1.82) is 0 Å². The minimum absolute atomic E-state index is 0.102. The Balaban J connectivity index is 1.52. The van der Waals surface area contributed by atoms with Gasteiger partial charge in [0.2, 0.25) is 0 Å². The van der Waals surface area contributed by atoms with E-state index in [4.69, 9.17) is 23.4 Å². The quantitative estimate of drug-likeness (QED) is 0.236. The molecule has 2 bridgehead atoms. The summed E-state index contributed by atoms with van der Waals surface area (Å²) in [5, 5.41) is 11.6. The van der Waals surface area contributed by atoms with Crippen LogP contribution < -0.4 is 0 Å². The number of ketones is 1. The predicted molar refractivity (Wildman–Crippen MR) is 145 cm³/mol. The molecule has 1 N–H and O–H groups in total. The molecule has 2 aliphatic heterocycles. The largest absolute Gasteiger partial charge is 0.472 e. The smallest absolute Gasteiger partial charge is 0.335 e. The number of carbonyl (C=O) groups is 4. The Morgan fingerprint density at radius 3 is 2.50 bits per heavy atom. The van der Waals surface area contributed by atoms with Crippen LogP contribution in [0.4, 0.5) is 0 Å². The average Bonchev–Trinajstić information content (AvgIpc) is 3.40. The summed E-state index contributed by atoms with van der Waals surface area (Å²) >= 11 is 0. The summed E-state index contributed by atoms with van der Waals surface area (Å²) < 4.78 is 29.1. The fourth-order valence-corrected chi connectivity index (χ4v) is 9.83. The van der Waals surface area contributed by atoms with Gasteiger partial charge in [0.15, 0.2) is 6.10 Å². The van der Waals surface area contributed by atoms with Crippen molar-refractivity contribution in [1.82, 2.24) is 0 Å². The summed E-state index contributed by atoms with van der Waals surface area (Å²) in [5.74, 6) is -4.51. The Morgan fingerprint density at radius 1 is 1.17 bits per heavy atom. The average molecular weight is 585 g/mol. The zero-order valence-electron chi connectivity index (χ0n) is 25.2. The van der Waals surface area contributed by atoms with Crippen molar-refractivity contribution in [2.45, 2.75) is 90.8 Å². The Hall–Kier alpha value is -2.98. The number of furan rings is 1. The minimum Gasteiger partial charge on any atom is -0.472 e. The third-order valence-electron chi connectivity index (χ3n) is 11.8. The number of cyclic esters (lactones) is 1. The summed E-state index contributed by atoms with van der Waals surface area (Å²) in [7, 11) is 1.19. The first kappa shape index (κ1) is 29.1.